The highest BCUT2D eigenvalue weighted by atomic mass is 127. The summed E-state index contributed by atoms with van der Waals surface area (Å²) in [5.74, 6) is 2.08. The zero-order valence-corrected chi connectivity index (χ0v) is 17.9. The van der Waals surface area contributed by atoms with Crippen LogP contribution in [0.5, 0.6) is 0 Å². The number of nitrogens with zero attached hydrogens (tertiary/aromatic N) is 2. The maximum Gasteiger partial charge on any atom is 0.230 e. The molecule has 2 aliphatic carbocycles. The topological polar surface area (TPSA) is 56.7 Å². The molecule has 0 aromatic carbocycles. The number of hydrogen-bond acceptors (Lipinski definition) is 2. The van der Waals surface area contributed by atoms with Crippen molar-refractivity contribution in [1.82, 2.24) is 15.5 Å². The standard InChI is InChI=1S/C18H34N4O.HI/c1-4-19-17(20-13-7-8-15-9-10-15)21-14-18(11-5-6-12-18)16(23)22(2)3;/h15H,4-14H2,1-3H3,(H2,19,20,21);1H. The van der Waals surface area contributed by atoms with E-state index in [2.05, 4.69) is 17.6 Å². The summed E-state index contributed by atoms with van der Waals surface area (Å²) in [6, 6.07) is 0. The second-order valence-electron chi connectivity index (χ2n) is 7.39. The fraction of sp³-hybridized carbons (Fsp3) is 0.889. The average molecular weight is 450 g/mol. The van der Waals surface area contributed by atoms with Gasteiger partial charge in [0.05, 0.1) is 12.0 Å². The van der Waals surface area contributed by atoms with Crippen LogP contribution < -0.4 is 10.6 Å². The Bertz CT molecular complexity index is 415. The van der Waals surface area contributed by atoms with Crippen LogP contribution in [0.15, 0.2) is 4.99 Å². The van der Waals surface area contributed by atoms with Crippen LogP contribution in [0.1, 0.15) is 58.3 Å². The summed E-state index contributed by atoms with van der Waals surface area (Å²) < 4.78 is 0. The fourth-order valence-electron chi connectivity index (χ4n) is 3.54. The molecule has 0 atom stereocenters. The van der Waals surface area contributed by atoms with E-state index in [9.17, 15) is 4.79 Å². The number of amides is 1. The largest absolute Gasteiger partial charge is 0.357 e. The van der Waals surface area contributed by atoms with Gasteiger partial charge in [-0.1, -0.05) is 25.7 Å². The first-order chi connectivity index (χ1) is 11.1. The van der Waals surface area contributed by atoms with E-state index < -0.39 is 0 Å². The zero-order chi connectivity index (χ0) is 16.7. The van der Waals surface area contributed by atoms with Crippen molar-refractivity contribution in [2.75, 3.05) is 33.7 Å². The first-order valence-corrected chi connectivity index (χ1v) is 9.31. The van der Waals surface area contributed by atoms with Gasteiger partial charge < -0.3 is 15.5 Å². The van der Waals surface area contributed by atoms with Crippen molar-refractivity contribution in [1.29, 1.82) is 0 Å². The zero-order valence-electron chi connectivity index (χ0n) is 15.6. The van der Waals surface area contributed by atoms with Crippen LogP contribution in [0.3, 0.4) is 0 Å². The molecule has 6 heteroatoms. The minimum atomic E-state index is -0.278. The Morgan fingerprint density at radius 3 is 2.42 bits per heavy atom. The van der Waals surface area contributed by atoms with Gasteiger partial charge in [-0.25, -0.2) is 0 Å². The lowest BCUT2D eigenvalue weighted by atomic mass is 9.85. The Morgan fingerprint density at radius 2 is 1.88 bits per heavy atom. The first-order valence-electron chi connectivity index (χ1n) is 9.31. The van der Waals surface area contributed by atoms with E-state index in [0.29, 0.717) is 6.54 Å². The number of carbonyl (C=O) groups excluding carboxylic acids is 1. The van der Waals surface area contributed by atoms with Crippen molar-refractivity contribution in [3.8, 4) is 0 Å². The van der Waals surface area contributed by atoms with Crippen LogP contribution in [-0.2, 0) is 4.79 Å². The lowest BCUT2D eigenvalue weighted by molar-refractivity contribution is -0.138. The molecule has 0 spiro atoms. The third kappa shape index (κ3) is 6.41. The predicted octanol–water partition coefficient (Wildman–Crippen LogP) is 3.00. The van der Waals surface area contributed by atoms with Crippen molar-refractivity contribution in [2.24, 2.45) is 16.3 Å². The number of carbonyl (C=O) groups is 1. The third-order valence-electron chi connectivity index (χ3n) is 5.08. The highest BCUT2D eigenvalue weighted by Crippen LogP contribution is 2.39. The summed E-state index contributed by atoms with van der Waals surface area (Å²) in [6.07, 6.45) is 9.59. The van der Waals surface area contributed by atoms with E-state index in [1.807, 2.05) is 14.1 Å². The van der Waals surface area contributed by atoms with Crippen LogP contribution in [0.25, 0.3) is 0 Å². The highest BCUT2D eigenvalue weighted by Gasteiger charge is 2.42. The van der Waals surface area contributed by atoms with E-state index in [1.165, 1.54) is 25.7 Å². The molecule has 2 fully saturated rings. The molecule has 0 unspecified atom stereocenters. The first kappa shape index (κ1) is 21.5. The summed E-state index contributed by atoms with van der Waals surface area (Å²) >= 11 is 0. The van der Waals surface area contributed by atoms with Crippen LogP contribution in [0.2, 0.25) is 0 Å². The Morgan fingerprint density at radius 1 is 1.21 bits per heavy atom. The van der Waals surface area contributed by atoms with Crippen molar-refractivity contribution < 1.29 is 4.79 Å². The van der Waals surface area contributed by atoms with Crippen molar-refractivity contribution in [3.63, 3.8) is 0 Å². The number of rotatable bonds is 8. The van der Waals surface area contributed by atoms with Crippen molar-refractivity contribution in [2.45, 2.75) is 58.3 Å². The fourth-order valence-corrected chi connectivity index (χ4v) is 3.54. The van der Waals surface area contributed by atoms with Gasteiger partial charge >= 0.3 is 0 Å². The van der Waals surface area contributed by atoms with Gasteiger partial charge in [0.15, 0.2) is 5.96 Å². The van der Waals surface area contributed by atoms with Crippen molar-refractivity contribution in [3.05, 3.63) is 0 Å². The molecule has 0 aliphatic heterocycles. The number of aliphatic imine (C=N–C) groups is 1. The maximum atomic E-state index is 12.6. The highest BCUT2D eigenvalue weighted by molar-refractivity contribution is 14.0. The molecule has 0 saturated heterocycles. The molecule has 2 saturated carbocycles. The van der Waals surface area contributed by atoms with E-state index in [4.69, 9.17) is 4.99 Å². The summed E-state index contributed by atoms with van der Waals surface area (Å²) in [7, 11) is 3.71. The Hall–Kier alpha value is -0.530. The van der Waals surface area contributed by atoms with Crippen LogP contribution in [0, 0.1) is 11.3 Å². The van der Waals surface area contributed by atoms with Gasteiger partial charge in [-0.05, 0) is 38.5 Å². The Balaban J connectivity index is 0.00000288. The number of guanidine groups is 1. The Kier molecular flexibility index (Phi) is 9.37. The van der Waals surface area contributed by atoms with Crippen LogP contribution >= 0.6 is 24.0 Å². The molecule has 24 heavy (non-hydrogen) atoms. The molecular formula is C18H35IN4O. The van der Waals surface area contributed by atoms with E-state index in [-0.39, 0.29) is 35.3 Å². The maximum absolute atomic E-state index is 12.6. The predicted molar refractivity (Wildman–Crippen MR) is 111 cm³/mol. The SMILES string of the molecule is CCNC(=NCC1(C(=O)N(C)C)CCCC1)NCCCC1CC1.I. The van der Waals surface area contributed by atoms with Crippen LogP contribution in [-0.4, -0.2) is 50.5 Å². The van der Waals surface area contributed by atoms with E-state index in [1.54, 1.807) is 4.90 Å². The van der Waals surface area contributed by atoms with Gasteiger partial charge in [-0.2, -0.15) is 0 Å². The van der Waals surface area contributed by atoms with Crippen LogP contribution in [0.4, 0.5) is 0 Å². The third-order valence-corrected chi connectivity index (χ3v) is 5.08. The second-order valence-corrected chi connectivity index (χ2v) is 7.39. The molecule has 2 N–H and O–H groups in total. The molecule has 0 radical (unpaired) electrons. The van der Waals surface area contributed by atoms with Gasteiger partial charge in [0.2, 0.25) is 5.91 Å². The lowest BCUT2D eigenvalue weighted by Crippen LogP contribution is -2.43. The molecule has 140 valence electrons. The second kappa shape index (κ2) is 10.5. The van der Waals surface area contributed by atoms with Crippen molar-refractivity contribution >= 4 is 35.8 Å². The summed E-state index contributed by atoms with van der Waals surface area (Å²) in [6.45, 7) is 4.50. The molecule has 2 aliphatic rings. The summed E-state index contributed by atoms with van der Waals surface area (Å²) in [5, 5.41) is 6.74. The molecule has 0 bridgehead atoms. The molecular weight excluding hydrogens is 415 g/mol. The quantitative estimate of drug-likeness (QED) is 0.259. The minimum absolute atomic E-state index is 0. The van der Waals surface area contributed by atoms with Gasteiger partial charge in [-0.3, -0.25) is 9.79 Å². The van der Waals surface area contributed by atoms with E-state index >= 15 is 0 Å². The average Bonchev–Trinajstić information content (AvgIpc) is 3.24. The molecule has 0 heterocycles. The van der Waals surface area contributed by atoms with Gasteiger partial charge in [0.25, 0.3) is 0 Å². The van der Waals surface area contributed by atoms with Gasteiger partial charge in [0.1, 0.15) is 0 Å². The molecule has 0 aromatic rings. The number of nitrogens with one attached hydrogen (secondary N) is 2. The smallest absolute Gasteiger partial charge is 0.230 e. The monoisotopic (exact) mass is 450 g/mol. The number of hydrogen-bond donors (Lipinski definition) is 2. The van der Waals surface area contributed by atoms with E-state index in [0.717, 1.165) is 50.7 Å². The Labute approximate surface area is 164 Å². The minimum Gasteiger partial charge on any atom is -0.357 e. The number of halogens is 1. The molecule has 2 rings (SSSR count). The molecule has 5 nitrogen and oxygen atoms in total. The van der Waals surface area contributed by atoms with Gasteiger partial charge in [-0.15, -0.1) is 24.0 Å². The lowest BCUT2D eigenvalue weighted by Gasteiger charge is -2.29. The summed E-state index contributed by atoms with van der Waals surface area (Å²) in [4.78, 5) is 19.1. The molecule has 0 aromatic heterocycles. The summed E-state index contributed by atoms with van der Waals surface area (Å²) in [5.41, 5.74) is -0.278. The molecule has 1 amide bonds. The van der Waals surface area contributed by atoms with Gasteiger partial charge in [0, 0.05) is 27.2 Å². The normalized spacial score (nSPS) is 19.5.